The molecule has 0 saturated carbocycles. The normalized spacial score (nSPS) is 14.6. The Morgan fingerprint density at radius 1 is 1.47 bits per heavy atom. The zero-order valence-electron chi connectivity index (χ0n) is 9.64. The smallest absolute Gasteiger partial charge is 0.246 e. The van der Waals surface area contributed by atoms with E-state index in [0.29, 0.717) is 17.4 Å². The molecule has 2 aromatic heterocycles. The van der Waals surface area contributed by atoms with Crippen LogP contribution in [0.1, 0.15) is 26.2 Å². The van der Waals surface area contributed by atoms with Crippen molar-refractivity contribution in [3.63, 3.8) is 0 Å². The number of aromatic nitrogens is 3. The lowest BCUT2D eigenvalue weighted by Gasteiger charge is -2.16. The summed E-state index contributed by atoms with van der Waals surface area (Å²) in [5.74, 6) is 0.886. The first-order valence-corrected chi connectivity index (χ1v) is 6.07. The first-order valence-electron chi connectivity index (χ1n) is 5.28. The lowest BCUT2D eigenvalue weighted by Crippen LogP contribution is -2.32. The fraction of sp³-hybridized carbons (Fsp3) is 0.364. The number of rotatable bonds is 3. The van der Waals surface area contributed by atoms with E-state index in [-0.39, 0.29) is 0 Å². The van der Waals surface area contributed by atoms with Crippen LogP contribution in [0.5, 0.6) is 0 Å². The molecule has 0 aromatic carbocycles. The van der Waals surface area contributed by atoms with Crippen molar-refractivity contribution in [2.45, 2.75) is 25.8 Å². The van der Waals surface area contributed by atoms with E-state index in [1.165, 1.54) is 0 Å². The quantitative estimate of drug-likeness (QED) is 0.941. The molecule has 2 rings (SSSR count). The molecule has 2 aromatic rings. The summed E-state index contributed by atoms with van der Waals surface area (Å²) in [7, 11) is 0. The SMILES string of the molecule is CCC(C)(N)c1nc(-c2ccc(Br)cn2)no1. The molecule has 6 heteroatoms. The van der Waals surface area contributed by atoms with Gasteiger partial charge >= 0.3 is 0 Å². The number of hydrogen-bond acceptors (Lipinski definition) is 5. The Morgan fingerprint density at radius 3 is 2.82 bits per heavy atom. The highest BCUT2D eigenvalue weighted by Crippen LogP contribution is 2.22. The van der Waals surface area contributed by atoms with Gasteiger partial charge in [-0.05, 0) is 41.4 Å². The zero-order chi connectivity index (χ0) is 12.5. The minimum Gasteiger partial charge on any atom is -0.337 e. The van der Waals surface area contributed by atoms with Crippen molar-refractivity contribution < 1.29 is 4.52 Å². The molecule has 1 unspecified atom stereocenters. The van der Waals surface area contributed by atoms with Crippen molar-refractivity contribution in [1.29, 1.82) is 0 Å². The van der Waals surface area contributed by atoms with Crippen LogP contribution in [0.4, 0.5) is 0 Å². The molecule has 0 radical (unpaired) electrons. The summed E-state index contributed by atoms with van der Waals surface area (Å²) in [6.45, 7) is 3.83. The average Bonchev–Trinajstić information content (AvgIpc) is 2.80. The summed E-state index contributed by atoms with van der Waals surface area (Å²) >= 11 is 3.32. The number of halogens is 1. The maximum absolute atomic E-state index is 6.03. The van der Waals surface area contributed by atoms with Crippen molar-refractivity contribution in [2.24, 2.45) is 5.73 Å². The van der Waals surface area contributed by atoms with Gasteiger partial charge in [-0.15, -0.1) is 0 Å². The third-order valence-electron chi connectivity index (χ3n) is 2.61. The zero-order valence-corrected chi connectivity index (χ0v) is 11.2. The summed E-state index contributed by atoms with van der Waals surface area (Å²) in [5, 5.41) is 3.89. The van der Waals surface area contributed by atoms with E-state index in [0.717, 1.165) is 10.9 Å². The van der Waals surface area contributed by atoms with Crippen LogP contribution in [0.3, 0.4) is 0 Å². The standard InChI is InChI=1S/C11H13BrN4O/c1-3-11(2,13)10-15-9(16-17-10)8-5-4-7(12)6-14-8/h4-6H,3,13H2,1-2H3. The Kier molecular flexibility index (Phi) is 3.26. The highest BCUT2D eigenvalue weighted by Gasteiger charge is 2.26. The lowest BCUT2D eigenvalue weighted by atomic mass is 10.0. The number of hydrogen-bond donors (Lipinski definition) is 1. The Hall–Kier alpha value is -1.27. The lowest BCUT2D eigenvalue weighted by molar-refractivity contribution is 0.291. The molecule has 1 atom stereocenters. The molecule has 90 valence electrons. The molecule has 0 aliphatic rings. The van der Waals surface area contributed by atoms with E-state index in [4.69, 9.17) is 10.3 Å². The van der Waals surface area contributed by atoms with Crippen molar-refractivity contribution in [2.75, 3.05) is 0 Å². The van der Waals surface area contributed by atoms with Gasteiger partial charge in [-0.3, -0.25) is 4.98 Å². The molecule has 2 N–H and O–H groups in total. The van der Waals surface area contributed by atoms with Gasteiger partial charge in [-0.25, -0.2) is 0 Å². The van der Waals surface area contributed by atoms with E-state index in [1.807, 2.05) is 26.0 Å². The molecule has 0 saturated heterocycles. The monoisotopic (exact) mass is 296 g/mol. The van der Waals surface area contributed by atoms with Crippen molar-refractivity contribution in [3.8, 4) is 11.5 Å². The second-order valence-corrected chi connectivity index (χ2v) is 4.97. The fourth-order valence-corrected chi connectivity index (χ4v) is 1.45. The van der Waals surface area contributed by atoms with Crippen LogP contribution >= 0.6 is 15.9 Å². The highest BCUT2D eigenvalue weighted by molar-refractivity contribution is 9.10. The second kappa shape index (κ2) is 4.54. The molecule has 0 amide bonds. The van der Waals surface area contributed by atoms with Gasteiger partial charge in [-0.2, -0.15) is 4.98 Å². The Bertz CT molecular complexity index is 506. The Morgan fingerprint density at radius 2 is 2.24 bits per heavy atom. The summed E-state index contributed by atoms with van der Waals surface area (Å²) in [6, 6.07) is 3.69. The minimum atomic E-state index is -0.597. The third-order valence-corrected chi connectivity index (χ3v) is 3.07. The van der Waals surface area contributed by atoms with Gasteiger partial charge < -0.3 is 10.3 Å². The largest absolute Gasteiger partial charge is 0.337 e. The predicted octanol–water partition coefficient (Wildman–Crippen LogP) is 2.48. The van der Waals surface area contributed by atoms with Crippen molar-refractivity contribution >= 4 is 15.9 Å². The average molecular weight is 297 g/mol. The van der Waals surface area contributed by atoms with Gasteiger partial charge in [0.25, 0.3) is 0 Å². The van der Waals surface area contributed by atoms with Crippen LogP contribution in [0.25, 0.3) is 11.5 Å². The molecule has 0 spiro atoms. The maximum Gasteiger partial charge on any atom is 0.246 e. The Balaban J connectivity index is 2.33. The molecule has 0 bridgehead atoms. The van der Waals surface area contributed by atoms with Crippen LogP contribution in [0, 0.1) is 0 Å². The topological polar surface area (TPSA) is 77.8 Å². The molecule has 0 aliphatic carbocycles. The summed E-state index contributed by atoms with van der Waals surface area (Å²) < 4.78 is 6.07. The number of nitrogens with two attached hydrogens (primary N) is 1. The molecule has 5 nitrogen and oxygen atoms in total. The number of nitrogens with zero attached hydrogens (tertiary/aromatic N) is 3. The highest BCUT2D eigenvalue weighted by atomic mass is 79.9. The van der Waals surface area contributed by atoms with Gasteiger partial charge in [-0.1, -0.05) is 12.1 Å². The second-order valence-electron chi connectivity index (χ2n) is 4.06. The third kappa shape index (κ3) is 2.53. The van der Waals surface area contributed by atoms with Gasteiger partial charge in [0.1, 0.15) is 5.69 Å². The predicted molar refractivity (Wildman–Crippen MR) is 67.1 cm³/mol. The summed E-state index contributed by atoms with van der Waals surface area (Å²) in [6.07, 6.45) is 2.41. The van der Waals surface area contributed by atoms with E-state index < -0.39 is 5.54 Å². The minimum absolute atomic E-state index is 0.430. The van der Waals surface area contributed by atoms with Crippen LogP contribution in [0.2, 0.25) is 0 Å². The molecular formula is C11H13BrN4O. The Labute approximate surface area is 108 Å². The van der Waals surface area contributed by atoms with Crippen LogP contribution in [0.15, 0.2) is 27.3 Å². The molecule has 0 fully saturated rings. The molecule has 17 heavy (non-hydrogen) atoms. The number of pyridine rings is 1. The first kappa shape index (κ1) is 12.2. The first-order chi connectivity index (χ1) is 8.03. The van der Waals surface area contributed by atoms with E-state index >= 15 is 0 Å². The van der Waals surface area contributed by atoms with Crippen LogP contribution in [-0.2, 0) is 5.54 Å². The summed E-state index contributed by atoms with van der Waals surface area (Å²) in [4.78, 5) is 8.47. The summed E-state index contributed by atoms with van der Waals surface area (Å²) in [5.41, 5.74) is 6.09. The fourth-order valence-electron chi connectivity index (χ4n) is 1.22. The maximum atomic E-state index is 6.03. The van der Waals surface area contributed by atoms with Gasteiger partial charge in [0.2, 0.25) is 11.7 Å². The van der Waals surface area contributed by atoms with Gasteiger partial charge in [0.05, 0.1) is 5.54 Å². The molecular weight excluding hydrogens is 284 g/mol. The van der Waals surface area contributed by atoms with Gasteiger partial charge in [0.15, 0.2) is 0 Å². The van der Waals surface area contributed by atoms with Crippen molar-refractivity contribution in [1.82, 2.24) is 15.1 Å². The van der Waals surface area contributed by atoms with E-state index in [2.05, 4.69) is 31.1 Å². The van der Waals surface area contributed by atoms with Crippen molar-refractivity contribution in [3.05, 3.63) is 28.7 Å². The molecule has 2 heterocycles. The molecule has 0 aliphatic heterocycles. The van der Waals surface area contributed by atoms with Crippen LogP contribution in [-0.4, -0.2) is 15.1 Å². The van der Waals surface area contributed by atoms with E-state index in [1.54, 1.807) is 6.20 Å². The van der Waals surface area contributed by atoms with E-state index in [9.17, 15) is 0 Å². The van der Waals surface area contributed by atoms with Crippen LogP contribution < -0.4 is 5.73 Å². The van der Waals surface area contributed by atoms with Gasteiger partial charge in [0, 0.05) is 10.7 Å².